The molecule has 6 nitrogen and oxygen atoms in total. The Bertz CT molecular complexity index is 812. The zero-order valence-corrected chi connectivity index (χ0v) is 15.6. The second kappa shape index (κ2) is 8.77. The Kier molecular flexibility index (Phi) is 6.19. The lowest BCUT2D eigenvalue weighted by Crippen LogP contribution is -2.29. The molecule has 2 aromatic carbocycles. The highest BCUT2D eigenvalue weighted by Gasteiger charge is 2.22. The number of benzene rings is 2. The van der Waals surface area contributed by atoms with E-state index >= 15 is 0 Å². The number of para-hydroxylation sites is 1. The Hall–Kier alpha value is -2.73. The molecule has 2 aromatic rings. The molecule has 1 aliphatic rings. The van der Waals surface area contributed by atoms with E-state index in [1.165, 1.54) is 30.9 Å². The molecule has 3 rings (SSSR count). The monoisotopic (exact) mass is 367 g/mol. The van der Waals surface area contributed by atoms with E-state index in [0.717, 1.165) is 25.2 Å². The van der Waals surface area contributed by atoms with Gasteiger partial charge in [0.2, 0.25) is 0 Å². The van der Waals surface area contributed by atoms with Crippen molar-refractivity contribution in [1.29, 1.82) is 0 Å². The second-order valence-corrected chi connectivity index (χ2v) is 7.06. The van der Waals surface area contributed by atoms with E-state index in [0.29, 0.717) is 12.1 Å². The van der Waals surface area contributed by atoms with Gasteiger partial charge in [-0.3, -0.25) is 19.8 Å². The molecule has 0 aliphatic carbocycles. The first-order valence-corrected chi connectivity index (χ1v) is 9.37. The summed E-state index contributed by atoms with van der Waals surface area (Å²) in [7, 11) is 0. The number of nitrogens with one attached hydrogen (secondary N) is 1. The molecule has 6 heteroatoms. The van der Waals surface area contributed by atoms with E-state index in [-0.39, 0.29) is 11.3 Å². The van der Waals surface area contributed by atoms with Crippen LogP contribution in [0.25, 0.3) is 0 Å². The summed E-state index contributed by atoms with van der Waals surface area (Å²) in [5, 5.41) is 14.0. The fraction of sp³-hybridized carbons (Fsp3) is 0.381. The first-order chi connectivity index (χ1) is 13.0. The van der Waals surface area contributed by atoms with Crippen LogP contribution in [0.1, 0.15) is 46.3 Å². The van der Waals surface area contributed by atoms with Crippen LogP contribution in [-0.2, 0) is 13.1 Å². The number of aryl methyl sites for hydroxylation is 1. The molecule has 1 amide bonds. The van der Waals surface area contributed by atoms with Gasteiger partial charge in [-0.25, -0.2) is 0 Å². The van der Waals surface area contributed by atoms with Gasteiger partial charge in [-0.15, -0.1) is 0 Å². The molecule has 1 heterocycles. The molecule has 0 atom stereocenters. The summed E-state index contributed by atoms with van der Waals surface area (Å²) in [6.45, 7) is 5.26. The van der Waals surface area contributed by atoms with Gasteiger partial charge in [0.25, 0.3) is 11.6 Å². The largest absolute Gasteiger partial charge is 0.348 e. The number of nitrogens with zero attached hydrogens (tertiary/aromatic N) is 2. The maximum atomic E-state index is 12.4. The smallest absolute Gasteiger partial charge is 0.285 e. The highest BCUT2D eigenvalue weighted by Crippen LogP contribution is 2.23. The number of amides is 1. The number of carbonyl (C=O) groups excluding carboxylic acids is 1. The predicted octanol–water partition coefficient (Wildman–Crippen LogP) is 3.82. The van der Waals surface area contributed by atoms with Crippen molar-refractivity contribution in [3.8, 4) is 0 Å². The number of nitro benzene ring substituents is 1. The Morgan fingerprint density at radius 2 is 1.74 bits per heavy atom. The highest BCUT2D eigenvalue weighted by atomic mass is 16.6. The zero-order valence-electron chi connectivity index (χ0n) is 15.6. The van der Waals surface area contributed by atoms with E-state index in [2.05, 4.69) is 22.3 Å². The van der Waals surface area contributed by atoms with E-state index < -0.39 is 10.8 Å². The first-order valence-electron chi connectivity index (χ1n) is 9.37. The lowest BCUT2D eigenvalue weighted by molar-refractivity contribution is -0.385. The van der Waals surface area contributed by atoms with E-state index in [9.17, 15) is 14.9 Å². The van der Waals surface area contributed by atoms with Gasteiger partial charge >= 0.3 is 0 Å². The predicted molar refractivity (Wildman–Crippen MR) is 105 cm³/mol. The highest BCUT2D eigenvalue weighted by molar-refractivity contribution is 5.98. The van der Waals surface area contributed by atoms with E-state index in [1.807, 2.05) is 12.1 Å². The first kappa shape index (κ1) is 19.0. The van der Waals surface area contributed by atoms with Crippen molar-refractivity contribution < 1.29 is 9.72 Å². The van der Waals surface area contributed by atoms with Gasteiger partial charge in [-0.05, 0) is 50.0 Å². The summed E-state index contributed by atoms with van der Waals surface area (Å²) in [6.07, 6.45) is 3.87. The molecular weight excluding hydrogens is 342 g/mol. The SMILES string of the molecule is Cc1cccc(C(=O)NCc2ccc(CN3CCCCC3)cc2)c1[N+](=O)[O-]. The lowest BCUT2D eigenvalue weighted by Gasteiger charge is -2.26. The molecule has 1 N–H and O–H groups in total. The summed E-state index contributed by atoms with van der Waals surface area (Å²) < 4.78 is 0. The van der Waals surface area contributed by atoms with Crippen molar-refractivity contribution in [1.82, 2.24) is 10.2 Å². The summed E-state index contributed by atoms with van der Waals surface area (Å²) in [6, 6.07) is 13.0. The van der Waals surface area contributed by atoms with Crippen molar-refractivity contribution in [3.63, 3.8) is 0 Å². The number of hydrogen-bond donors (Lipinski definition) is 1. The van der Waals surface area contributed by atoms with Crippen molar-refractivity contribution in [2.24, 2.45) is 0 Å². The summed E-state index contributed by atoms with van der Waals surface area (Å²) in [5.74, 6) is -0.428. The number of carbonyl (C=O) groups is 1. The molecule has 0 spiro atoms. The van der Waals surface area contributed by atoms with Gasteiger partial charge in [0.15, 0.2) is 0 Å². The van der Waals surface area contributed by atoms with Crippen LogP contribution in [0.15, 0.2) is 42.5 Å². The number of nitro groups is 1. The normalized spacial score (nSPS) is 14.7. The van der Waals surface area contributed by atoms with Crippen LogP contribution < -0.4 is 5.32 Å². The van der Waals surface area contributed by atoms with Crippen LogP contribution in [0.2, 0.25) is 0 Å². The summed E-state index contributed by atoms with van der Waals surface area (Å²) >= 11 is 0. The average Bonchev–Trinajstić information content (AvgIpc) is 2.67. The topological polar surface area (TPSA) is 75.5 Å². The standard InChI is InChI=1S/C21H25N3O3/c1-16-6-5-7-19(20(16)24(26)27)21(25)22-14-17-8-10-18(11-9-17)15-23-12-3-2-4-13-23/h5-11H,2-4,12-15H2,1H3,(H,22,25). The molecule has 0 saturated carbocycles. The molecule has 0 aromatic heterocycles. The average molecular weight is 367 g/mol. The molecule has 1 fully saturated rings. The Balaban J connectivity index is 1.59. The van der Waals surface area contributed by atoms with Gasteiger partial charge in [-0.2, -0.15) is 0 Å². The molecule has 27 heavy (non-hydrogen) atoms. The number of rotatable bonds is 6. The maximum Gasteiger partial charge on any atom is 0.285 e. The van der Waals surface area contributed by atoms with Crippen LogP contribution in [0.5, 0.6) is 0 Å². The summed E-state index contributed by atoms with van der Waals surface area (Å²) in [5.41, 5.74) is 2.69. The Morgan fingerprint density at radius 1 is 1.07 bits per heavy atom. The van der Waals surface area contributed by atoms with Gasteiger partial charge in [0.1, 0.15) is 5.56 Å². The van der Waals surface area contributed by atoms with Gasteiger partial charge in [0.05, 0.1) is 4.92 Å². The number of hydrogen-bond acceptors (Lipinski definition) is 4. The maximum absolute atomic E-state index is 12.4. The van der Waals surface area contributed by atoms with Crippen molar-refractivity contribution in [3.05, 3.63) is 74.8 Å². The third-order valence-corrected chi connectivity index (χ3v) is 5.00. The van der Waals surface area contributed by atoms with Crippen LogP contribution in [0, 0.1) is 17.0 Å². The minimum Gasteiger partial charge on any atom is -0.348 e. The van der Waals surface area contributed by atoms with Crippen molar-refractivity contribution >= 4 is 11.6 Å². The zero-order chi connectivity index (χ0) is 19.2. The number of piperidine rings is 1. The summed E-state index contributed by atoms with van der Waals surface area (Å²) in [4.78, 5) is 25.6. The molecule has 0 unspecified atom stereocenters. The molecule has 0 bridgehead atoms. The third-order valence-electron chi connectivity index (χ3n) is 5.00. The Labute approximate surface area is 159 Å². The van der Waals surface area contributed by atoms with Crippen molar-refractivity contribution in [2.75, 3.05) is 13.1 Å². The lowest BCUT2D eigenvalue weighted by atomic mass is 10.1. The van der Waals surface area contributed by atoms with Gasteiger partial charge in [0, 0.05) is 18.7 Å². The fourth-order valence-corrected chi connectivity index (χ4v) is 3.50. The van der Waals surface area contributed by atoms with Gasteiger partial charge < -0.3 is 5.32 Å². The minimum atomic E-state index is -0.500. The molecular formula is C21H25N3O3. The number of likely N-dealkylation sites (tertiary alicyclic amines) is 1. The minimum absolute atomic E-state index is 0.0988. The quantitative estimate of drug-likeness (QED) is 0.622. The van der Waals surface area contributed by atoms with Crippen LogP contribution in [0.4, 0.5) is 5.69 Å². The fourth-order valence-electron chi connectivity index (χ4n) is 3.50. The second-order valence-electron chi connectivity index (χ2n) is 7.06. The molecule has 142 valence electrons. The van der Waals surface area contributed by atoms with Crippen LogP contribution in [-0.4, -0.2) is 28.8 Å². The molecule has 1 aliphatic heterocycles. The van der Waals surface area contributed by atoms with E-state index in [1.54, 1.807) is 19.1 Å². The van der Waals surface area contributed by atoms with Crippen LogP contribution >= 0.6 is 0 Å². The van der Waals surface area contributed by atoms with E-state index in [4.69, 9.17) is 0 Å². The van der Waals surface area contributed by atoms with Gasteiger partial charge in [-0.1, -0.05) is 42.8 Å². The molecule has 0 radical (unpaired) electrons. The third kappa shape index (κ3) is 4.92. The van der Waals surface area contributed by atoms with Crippen LogP contribution in [0.3, 0.4) is 0 Å². The van der Waals surface area contributed by atoms with Crippen molar-refractivity contribution in [2.45, 2.75) is 39.3 Å². The molecule has 1 saturated heterocycles. The Morgan fingerprint density at radius 3 is 2.41 bits per heavy atom.